The SMILES string of the molecule is CC#CCCNc1cc(F)ccc1F. The van der Waals surface area contributed by atoms with Gasteiger partial charge in [-0.15, -0.1) is 11.8 Å². The molecule has 0 saturated carbocycles. The third-order valence-electron chi connectivity index (χ3n) is 1.67. The third kappa shape index (κ3) is 3.06. The smallest absolute Gasteiger partial charge is 0.146 e. The van der Waals surface area contributed by atoms with Crippen molar-refractivity contribution in [3.05, 3.63) is 29.8 Å². The molecule has 1 nitrogen and oxygen atoms in total. The van der Waals surface area contributed by atoms with E-state index < -0.39 is 11.6 Å². The van der Waals surface area contributed by atoms with Crippen LogP contribution in [0.5, 0.6) is 0 Å². The Morgan fingerprint density at radius 1 is 1.36 bits per heavy atom. The number of hydrogen-bond acceptors (Lipinski definition) is 1. The summed E-state index contributed by atoms with van der Waals surface area (Å²) < 4.78 is 25.7. The van der Waals surface area contributed by atoms with E-state index in [4.69, 9.17) is 0 Å². The van der Waals surface area contributed by atoms with Gasteiger partial charge in [0.2, 0.25) is 0 Å². The molecule has 1 aromatic rings. The second-order valence-corrected chi connectivity index (χ2v) is 2.73. The molecule has 1 aromatic carbocycles. The Bertz CT molecular complexity index is 363. The van der Waals surface area contributed by atoms with Crippen LogP contribution < -0.4 is 5.32 Å². The first-order chi connectivity index (χ1) is 6.74. The lowest BCUT2D eigenvalue weighted by Gasteiger charge is -2.04. The highest BCUT2D eigenvalue weighted by Crippen LogP contribution is 2.14. The van der Waals surface area contributed by atoms with E-state index in [-0.39, 0.29) is 5.69 Å². The molecule has 0 aliphatic rings. The second kappa shape index (κ2) is 5.23. The molecule has 1 rings (SSSR count). The highest BCUT2D eigenvalue weighted by molar-refractivity contribution is 5.44. The predicted molar refractivity (Wildman–Crippen MR) is 52.9 cm³/mol. The van der Waals surface area contributed by atoms with Crippen molar-refractivity contribution in [2.24, 2.45) is 0 Å². The van der Waals surface area contributed by atoms with Crippen molar-refractivity contribution < 1.29 is 8.78 Å². The Kier molecular flexibility index (Phi) is 3.93. The zero-order chi connectivity index (χ0) is 10.4. The largest absolute Gasteiger partial charge is 0.382 e. The van der Waals surface area contributed by atoms with Crippen molar-refractivity contribution in [2.45, 2.75) is 13.3 Å². The molecule has 0 radical (unpaired) electrons. The molecule has 0 heterocycles. The van der Waals surface area contributed by atoms with Crippen molar-refractivity contribution in [2.75, 3.05) is 11.9 Å². The van der Waals surface area contributed by atoms with E-state index in [9.17, 15) is 8.78 Å². The summed E-state index contributed by atoms with van der Waals surface area (Å²) in [5.41, 5.74) is 0.183. The van der Waals surface area contributed by atoms with E-state index in [1.807, 2.05) is 0 Å². The topological polar surface area (TPSA) is 12.0 Å². The molecular weight excluding hydrogens is 184 g/mol. The third-order valence-corrected chi connectivity index (χ3v) is 1.67. The van der Waals surface area contributed by atoms with Crippen LogP contribution in [0.3, 0.4) is 0 Å². The molecule has 74 valence electrons. The molecule has 14 heavy (non-hydrogen) atoms. The van der Waals surface area contributed by atoms with Crippen LogP contribution in [0.1, 0.15) is 13.3 Å². The van der Waals surface area contributed by atoms with Crippen molar-refractivity contribution >= 4 is 5.69 Å². The first-order valence-electron chi connectivity index (χ1n) is 4.32. The first kappa shape index (κ1) is 10.5. The van der Waals surface area contributed by atoms with E-state index in [0.29, 0.717) is 13.0 Å². The number of halogens is 2. The predicted octanol–water partition coefficient (Wildman–Crippen LogP) is 2.79. The quantitative estimate of drug-likeness (QED) is 0.577. The number of anilines is 1. The fourth-order valence-corrected chi connectivity index (χ4v) is 1.02. The molecule has 0 amide bonds. The Morgan fingerprint density at radius 2 is 2.14 bits per heavy atom. The summed E-state index contributed by atoms with van der Waals surface area (Å²) in [6, 6.07) is 3.32. The summed E-state index contributed by atoms with van der Waals surface area (Å²) in [5, 5.41) is 2.77. The molecule has 0 bridgehead atoms. The maximum Gasteiger partial charge on any atom is 0.146 e. The van der Waals surface area contributed by atoms with E-state index in [1.165, 1.54) is 0 Å². The lowest BCUT2D eigenvalue weighted by atomic mass is 10.3. The Morgan fingerprint density at radius 3 is 2.86 bits per heavy atom. The molecule has 0 fully saturated rings. The Hall–Kier alpha value is -1.56. The van der Waals surface area contributed by atoms with Gasteiger partial charge in [0, 0.05) is 13.0 Å². The van der Waals surface area contributed by atoms with Crippen LogP contribution in [-0.2, 0) is 0 Å². The van der Waals surface area contributed by atoms with Crippen molar-refractivity contribution in [3.8, 4) is 11.8 Å². The standard InChI is InChI=1S/C11H11F2N/c1-2-3-4-7-14-11-8-9(12)5-6-10(11)13/h5-6,8,14H,4,7H2,1H3. The van der Waals surface area contributed by atoms with Gasteiger partial charge in [-0.2, -0.15) is 0 Å². The number of rotatable bonds is 3. The normalized spacial score (nSPS) is 9.07. The highest BCUT2D eigenvalue weighted by atomic mass is 19.1. The lowest BCUT2D eigenvalue weighted by Crippen LogP contribution is -2.02. The van der Waals surface area contributed by atoms with Gasteiger partial charge in [-0.3, -0.25) is 0 Å². The molecular formula is C11H11F2N. The molecule has 0 aliphatic carbocycles. The molecule has 0 atom stereocenters. The van der Waals surface area contributed by atoms with Gasteiger partial charge >= 0.3 is 0 Å². The number of nitrogens with one attached hydrogen (secondary N) is 1. The monoisotopic (exact) mass is 195 g/mol. The van der Waals surface area contributed by atoms with Gasteiger partial charge in [-0.25, -0.2) is 8.78 Å². The fraction of sp³-hybridized carbons (Fsp3) is 0.273. The molecule has 0 spiro atoms. The van der Waals surface area contributed by atoms with Gasteiger partial charge in [0.25, 0.3) is 0 Å². The fourth-order valence-electron chi connectivity index (χ4n) is 1.02. The summed E-state index contributed by atoms with van der Waals surface area (Å²) in [7, 11) is 0. The molecule has 0 saturated heterocycles. The summed E-state index contributed by atoms with van der Waals surface area (Å²) >= 11 is 0. The average Bonchev–Trinajstić information content (AvgIpc) is 2.18. The van der Waals surface area contributed by atoms with E-state index in [2.05, 4.69) is 17.2 Å². The maximum atomic E-state index is 13.0. The number of hydrogen-bond donors (Lipinski definition) is 1. The molecule has 0 aliphatic heterocycles. The van der Waals surface area contributed by atoms with Gasteiger partial charge in [0.1, 0.15) is 11.6 Å². The zero-order valence-electron chi connectivity index (χ0n) is 7.90. The summed E-state index contributed by atoms with van der Waals surface area (Å²) in [6.45, 7) is 2.25. The van der Waals surface area contributed by atoms with Gasteiger partial charge in [0.15, 0.2) is 0 Å². The molecule has 0 unspecified atom stereocenters. The van der Waals surface area contributed by atoms with Crippen LogP contribution in [0, 0.1) is 23.5 Å². The van der Waals surface area contributed by atoms with Gasteiger partial charge in [0.05, 0.1) is 5.69 Å². The lowest BCUT2D eigenvalue weighted by molar-refractivity contribution is 0.602. The van der Waals surface area contributed by atoms with E-state index in [0.717, 1.165) is 18.2 Å². The second-order valence-electron chi connectivity index (χ2n) is 2.73. The van der Waals surface area contributed by atoms with Crippen LogP contribution in [0.4, 0.5) is 14.5 Å². The maximum absolute atomic E-state index is 13.0. The molecule has 3 heteroatoms. The highest BCUT2D eigenvalue weighted by Gasteiger charge is 2.01. The zero-order valence-corrected chi connectivity index (χ0v) is 7.90. The average molecular weight is 195 g/mol. The minimum atomic E-state index is -0.449. The minimum absolute atomic E-state index is 0.183. The van der Waals surface area contributed by atoms with E-state index in [1.54, 1.807) is 6.92 Å². The van der Waals surface area contributed by atoms with Gasteiger partial charge in [-0.1, -0.05) is 0 Å². The van der Waals surface area contributed by atoms with Crippen LogP contribution >= 0.6 is 0 Å². The minimum Gasteiger partial charge on any atom is -0.382 e. The van der Waals surface area contributed by atoms with Crippen LogP contribution in [0.25, 0.3) is 0 Å². The van der Waals surface area contributed by atoms with Crippen molar-refractivity contribution in [3.63, 3.8) is 0 Å². The number of benzene rings is 1. The van der Waals surface area contributed by atoms with Crippen LogP contribution in [0.15, 0.2) is 18.2 Å². The van der Waals surface area contributed by atoms with Crippen LogP contribution in [0.2, 0.25) is 0 Å². The van der Waals surface area contributed by atoms with Crippen molar-refractivity contribution in [1.29, 1.82) is 0 Å². The van der Waals surface area contributed by atoms with E-state index >= 15 is 0 Å². The van der Waals surface area contributed by atoms with Gasteiger partial charge < -0.3 is 5.32 Å². The first-order valence-corrected chi connectivity index (χ1v) is 4.32. The summed E-state index contributed by atoms with van der Waals surface area (Å²) in [4.78, 5) is 0. The molecule has 0 aromatic heterocycles. The van der Waals surface area contributed by atoms with Gasteiger partial charge in [-0.05, 0) is 25.1 Å². The summed E-state index contributed by atoms with van der Waals surface area (Å²) in [5.74, 6) is 4.65. The molecule has 1 N–H and O–H groups in total. The summed E-state index contributed by atoms with van der Waals surface area (Å²) in [6.07, 6.45) is 0.618. The Balaban J connectivity index is 2.56. The van der Waals surface area contributed by atoms with Crippen LogP contribution in [-0.4, -0.2) is 6.54 Å². The Labute approximate surface area is 82.1 Å². The van der Waals surface area contributed by atoms with Crippen molar-refractivity contribution in [1.82, 2.24) is 0 Å².